The van der Waals surface area contributed by atoms with Crippen LogP contribution in [0.5, 0.6) is 5.75 Å². The Morgan fingerprint density at radius 3 is 2.75 bits per heavy atom. The molecule has 0 aliphatic heterocycles. The number of aromatic amines is 1. The first kappa shape index (κ1) is 16.9. The van der Waals surface area contributed by atoms with Crippen molar-refractivity contribution in [1.29, 1.82) is 0 Å². The van der Waals surface area contributed by atoms with Crippen LogP contribution in [0.1, 0.15) is 35.2 Å². The van der Waals surface area contributed by atoms with E-state index in [0.717, 1.165) is 40.5 Å². The molecule has 6 heteroatoms. The zero-order valence-corrected chi connectivity index (χ0v) is 15.9. The van der Waals surface area contributed by atoms with Gasteiger partial charge in [-0.1, -0.05) is 30.3 Å². The predicted molar refractivity (Wildman–Crippen MR) is 106 cm³/mol. The summed E-state index contributed by atoms with van der Waals surface area (Å²) in [6.07, 6.45) is 6.34. The number of hydrogen-bond acceptors (Lipinski definition) is 5. The van der Waals surface area contributed by atoms with Gasteiger partial charge in [-0.2, -0.15) is 0 Å². The van der Waals surface area contributed by atoms with Gasteiger partial charge in [-0.25, -0.2) is 15.0 Å². The second-order valence-corrected chi connectivity index (χ2v) is 7.45. The SMILES string of the molecule is Cc1ncc(OC[C@@]2(c3ccccc3)C[C@H]2c2nc3ccncc3[nH]2)c(C)n1. The Hall–Kier alpha value is -3.28. The van der Waals surface area contributed by atoms with Crippen molar-refractivity contribution in [3.8, 4) is 5.75 Å². The second kappa shape index (κ2) is 6.41. The summed E-state index contributed by atoms with van der Waals surface area (Å²) in [5.74, 6) is 2.75. The summed E-state index contributed by atoms with van der Waals surface area (Å²) in [4.78, 5) is 21.1. The van der Waals surface area contributed by atoms with Gasteiger partial charge < -0.3 is 9.72 Å². The molecule has 28 heavy (non-hydrogen) atoms. The Morgan fingerprint density at radius 2 is 1.96 bits per heavy atom. The molecule has 4 aromatic rings. The second-order valence-electron chi connectivity index (χ2n) is 7.45. The smallest absolute Gasteiger partial charge is 0.158 e. The van der Waals surface area contributed by atoms with E-state index in [2.05, 4.69) is 44.2 Å². The molecule has 0 unspecified atom stereocenters. The summed E-state index contributed by atoms with van der Waals surface area (Å²) in [6.45, 7) is 4.40. The van der Waals surface area contributed by atoms with Gasteiger partial charge in [-0.3, -0.25) is 4.98 Å². The minimum atomic E-state index is -0.111. The Morgan fingerprint density at radius 1 is 1.11 bits per heavy atom. The fourth-order valence-corrected chi connectivity index (χ4v) is 3.96. The van der Waals surface area contributed by atoms with Crippen LogP contribution in [0.3, 0.4) is 0 Å². The van der Waals surface area contributed by atoms with Gasteiger partial charge in [-0.05, 0) is 31.9 Å². The molecule has 1 saturated carbocycles. The van der Waals surface area contributed by atoms with Gasteiger partial charge in [0, 0.05) is 17.5 Å². The average molecular weight is 371 g/mol. The summed E-state index contributed by atoms with van der Waals surface area (Å²) in [6, 6.07) is 12.5. The van der Waals surface area contributed by atoms with Crippen LogP contribution in [0, 0.1) is 13.8 Å². The third-order valence-corrected chi connectivity index (χ3v) is 5.60. The Balaban J connectivity index is 1.47. The van der Waals surface area contributed by atoms with Crippen LogP contribution in [0.15, 0.2) is 55.0 Å². The highest BCUT2D eigenvalue weighted by Crippen LogP contribution is 2.60. The van der Waals surface area contributed by atoms with Gasteiger partial charge in [0.2, 0.25) is 0 Å². The minimum Gasteiger partial charge on any atom is -0.489 e. The number of nitrogens with zero attached hydrogens (tertiary/aromatic N) is 4. The third kappa shape index (κ3) is 2.81. The molecule has 1 aliphatic rings. The van der Waals surface area contributed by atoms with Crippen molar-refractivity contribution in [1.82, 2.24) is 24.9 Å². The Labute approximate surface area is 163 Å². The van der Waals surface area contributed by atoms with E-state index >= 15 is 0 Å². The largest absolute Gasteiger partial charge is 0.489 e. The molecule has 0 amide bonds. The summed E-state index contributed by atoms with van der Waals surface area (Å²) in [5, 5.41) is 0. The first-order valence-corrected chi connectivity index (χ1v) is 9.44. The highest BCUT2D eigenvalue weighted by Gasteiger charge is 2.58. The molecule has 2 atom stereocenters. The fourth-order valence-electron chi connectivity index (χ4n) is 3.96. The van der Waals surface area contributed by atoms with Crippen molar-refractivity contribution in [2.45, 2.75) is 31.6 Å². The zero-order valence-electron chi connectivity index (χ0n) is 15.9. The van der Waals surface area contributed by atoms with Gasteiger partial charge in [0.25, 0.3) is 0 Å². The van der Waals surface area contributed by atoms with Crippen LogP contribution in [-0.2, 0) is 5.41 Å². The van der Waals surface area contributed by atoms with Crippen molar-refractivity contribution in [2.75, 3.05) is 6.61 Å². The van der Waals surface area contributed by atoms with E-state index in [1.807, 2.05) is 32.2 Å². The normalized spacial score (nSPS) is 21.0. The fraction of sp³-hybridized carbons (Fsp3) is 0.273. The van der Waals surface area contributed by atoms with Gasteiger partial charge in [0.1, 0.15) is 11.6 Å². The Kier molecular flexibility index (Phi) is 3.86. The van der Waals surface area contributed by atoms with Crippen molar-refractivity contribution in [2.24, 2.45) is 0 Å². The number of aryl methyl sites for hydroxylation is 2. The minimum absolute atomic E-state index is 0.111. The lowest BCUT2D eigenvalue weighted by Crippen LogP contribution is -2.21. The number of ether oxygens (including phenoxy) is 1. The van der Waals surface area contributed by atoms with Crippen molar-refractivity contribution in [3.05, 3.63) is 77.9 Å². The van der Waals surface area contributed by atoms with Gasteiger partial charge in [0.05, 0.1) is 35.7 Å². The van der Waals surface area contributed by atoms with Gasteiger partial charge in [-0.15, -0.1) is 0 Å². The molecule has 1 aromatic carbocycles. The van der Waals surface area contributed by atoms with E-state index in [0.29, 0.717) is 6.61 Å². The molecule has 1 fully saturated rings. The molecular formula is C22H21N5O. The summed E-state index contributed by atoms with van der Waals surface area (Å²) in [7, 11) is 0. The number of hydrogen-bond donors (Lipinski definition) is 1. The molecule has 140 valence electrons. The lowest BCUT2D eigenvalue weighted by atomic mass is 9.94. The van der Waals surface area contributed by atoms with E-state index < -0.39 is 0 Å². The zero-order chi connectivity index (χ0) is 19.1. The van der Waals surface area contributed by atoms with Crippen molar-refractivity contribution < 1.29 is 4.74 Å². The Bertz CT molecular complexity index is 1110. The highest BCUT2D eigenvalue weighted by atomic mass is 16.5. The van der Waals surface area contributed by atoms with Crippen LogP contribution in [0.2, 0.25) is 0 Å². The van der Waals surface area contributed by atoms with Crippen LogP contribution >= 0.6 is 0 Å². The van der Waals surface area contributed by atoms with E-state index in [-0.39, 0.29) is 11.3 Å². The lowest BCUT2D eigenvalue weighted by Gasteiger charge is -2.19. The first-order chi connectivity index (χ1) is 13.7. The molecule has 3 aromatic heterocycles. The molecule has 6 nitrogen and oxygen atoms in total. The summed E-state index contributed by atoms with van der Waals surface area (Å²) in [5.41, 5.74) is 3.93. The van der Waals surface area contributed by atoms with Crippen LogP contribution in [0.4, 0.5) is 0 Å². The predicted octanol–water partition coefficient (Wildman–Crippen LogP) is 3.87. The summed E-state index contributed by atoms with van der Waals surface area (Å²) >= 11 is 0. The molecule has 1 aliphatic carbocycles. The van der Waals surface area contributed by atoms with Crippen LogP contribution < -0.4 is 4.74 Å². The number of fused-ring (bicyclic) bond motifs is 1. The average Bonchev–Trinajstić information content (AvgIpc) is 3.29. The molecular weight excluding hydrogens is 350 g/mol. The standard InChI is InChI=1S/C22H21N5O/c1-14-20(12-24-15(2)25-14)28-13-22(16-6-4-3-5-7-16)10-17(22)21-26-18-8-9-23-11-19(18)27-21/h3-9,11-12,17H,10,13H2,1-2H3,(H,26,27)/t17-,22+/m0/s1. The molecule has 5 rings (SSSR count). The number of benzene rings is 1. The molecule has 1 N–H and O–H groups in total. The van der Waals surface area contributed by atoms with Crippen molar-refractivity contribution in [3.63, 3.8) is 0 Å². The highest BCUT2D eigenvalue weighted by molar-refractivity contribution is 5.74. The maximum atomic E-state index is 6.22. The van der Waals surface area contributed by atoms with E-state index in [4.69, 9.17) is 9.72 Å². The quantitative estimate of drug-likeness (QED) is 0.576. The number of imidazole rings is 1. The van der Waals surface area contributed by atoms with E-state index in [1.54, 1.807) is 12.4 Å². The number of H-pyrrole nitrogens is 1. The number of nitrogens with one attached hydrogen (secondary N) is 1. The van der Waals surface area contributed by atoms with E-state index in [1.165, 1.54) is 5.56 Å². The van der Waals surface area contributed by atoms with Crippen LogP contribution in [-0.4, -0.2) is 31.5 Å². The lowest BCUT2D eigenvalue weighted by molar-refractivity contribution is 0.269. The van der Waals surface area contributed by atoms with Crippen LogP contribution in [0.25, 0.3) is 11.0 Å². The molecule has 0 spiro atoms. The monoisotopic (exact) mass is 371 g/mol. The van der Waals surface area contributed by atoms with Gasteiger partial charge >= 0.3 is 0 Å². The maximum absolute atomic E-state index is 6.22. The van der Waals surface area contributed by atoms with Crippen molar-refractivity contribution >= 4 is 11.0 Å². The molecule has 3 heterocycles. The third-order valence-electron chi connectivity index (χ3n) is 5.60. The maximum Gasteiger partial charge on any atom is 0.158 e. The summed E-state index contributed by atoms with van der Waals surface area (Å²) < 4.78 is 6.22. The topological polar surface area (TPSA) is 76.6 Å². The number of pyridine rings is 1. The molecule has 0 bridgehead atoms. The molecule has 0 saturated heterocycles. The number of rotatable bonds is 5. The molecule has 0 radical (unpaired) electrons. The van der Waals surface area contributed by atoms with E-state index in [9.17, 15) is 0 Å². The number of aromatic nitrogens is 5. The first-order valence-electron chi connectivity index (χ1n) is 9.44. The van der Waals surface area contributed by atoms with Gasteiger partial charge in [0.15, 0.2) is 5.75 Å².